The number of carbonyl (C=O) groups is 1. The molecule has 1 fully saturated rings. The molecule has 0 unspecified atom stereocenters. The molecule has 1 aliphatic rings. The minimum Gasteiger partial charge on any atom is -0.346 e. The number of nitrogens with one attached hydrogen (secondary N) is 1. The summed E-state index contributed by atoms with van der Waals surface area (Å²) in [7, 11) is -3.41. The molecule has 3 heterocycles. The number of anilines is 1. The van der Waals surface area contributed by atoms with Crippen LogP contribution in [0.5, 0.6) is 0 Å². The monoisotopic (exact) mass is 373 g/mol. The van der Waals surface area contributed by atoms with Gasteiger partial charge in [0.05, 0.1) is 23.4 Å². The average Bonchev–Trinajstić information content (AvgIpc) is 3.10. The Morgan fingerprint density at radius 3 is 2.91 bits per heavy atom. The maximum absolute atomic E-state index is 11.9. The largest absolute Gasteiger partial charge is 0.346 e. The van der Waals surface area contributed by atoms with E-state index in [1.165, 1.54) is 22.7 Å². The fourth-order valence-electron chi connectivity index (χ4n) is 2.09. The zero-order valence-corrected chi connectivity index (χ0v) is 14.7. The summed E-state index contributed by atoms with van der Waals surface area (Å²) in [6.45, 7) is 1.37. The Morgan fingerprint density at radius 2 is 2.26 bits per heavy atom. The van der Waals surface area contributed by atoms with Gasteiger partial charge >= 0.3 is 0 Å². The topological polar surface area (TPSA) is 88.6 Å². The Morgan fingerprint density at radius 1 is 1.48 bits per heavy atom. The van der Waals surface area contributed by atoms with Gasteiger partial charge in [-0.15, -0.1) is 22.7 Å². The van der Waals surface area contributed by atoms with Crippen molar-refractivity contribution in [3.05, 3.63) is 33.5 Å². The third-order valence-electron chi connectivity index (χ3n) is 3.14. The van der Waals surface area contributed by atoms with Gasteiger partial charge in [-0.25, -0.2) is 4.98 Å². The molecule has 124 valence electrons. The second-order valence-corrected chi connectivity index (χ2v) is 8.49. The molecule has 0 saturated carbocycles. The van der Waals surface area contributed by atoms with E-state index in [0.29, 0.717) is 24.5 Å². The van der Waals surface area contributed by atoms with E-state index in [1.807, 2.05) is 21.7 Å². The van der Waals surface area contributed by atoms with Crippen molar-refractivity contribution in [1.82, 2.24) is 10.3 Å². The van der Waals surface area contributed by atoms with Crippen molar-refractivity contribution in [3.63, 3.8) is 0 Å². The smallest absolute Gasteiger partial charge is 0.264 e. The van der Waals surface area contributed by atoms with E-state index in [-0.39, 0.29) is 12.0 Å². The molecular formula is C13H15N3O4S3. The molecule has 0 radical (unpaired) electrons. The van der Waals surface area contributed by atoms with Gasteiger partial charge in [-0.1, -0.05) is 6.07 Å². The summed E-state index contributed by atoms with van der Waals surface area (Å²) in [6.07, 6.45) is 0.740. The van der Waals surface area contributed by atoms with Crippen molar-refractivity contribution in [1.29, 1.82) is 0 Å². The number of thiazole rings is 1. The van der Waals surface area contributed by atoms with Gasteiger partial charge in [-0.3, -0.25) is 8.98 Å². The lowest BCUT2D eigenvalue weighted by molar-refractivity contribution is 0.0954. The van der Waals surface area contributed by atoms with Crippen molar-refractivity contribution in [3.8, 4) is 0 Å². The lowest BCUT2D eigenvalue weighted by Gasteiger charge is -2.37. The first-order valence-electron chi connectivity index (χ1n) is 6.80. The standard InChI is InChI=1S/C13H15N3O4S3/c1-23(18,19)20-10-6-16(7-10)13-15-9(8-22-13)5-14-12(17)11-3-2-4-21-11/h2-4,8,10H,5-7H2,1H3,(H,14,17). The molecule has 3 rings (SSSR count). The molecule has 0 atom stereocenters. The molecular weight excluding hydrogens is 358 g/mol. The minimum atomic E-state index is -3.41. The van der Waals surface area contributed by atoms with Gasteiger partial charge < -0.3 is 10.2 Å². The molecule has 0 spiro atoms. The first-order valence-corrected chi connectivity index (χ1v) is 10.4. The molecule has 1 aliphatic heterocycles. The van der Waals surface area contributed by atoms with E-state index in [2.05, 4.69) is 10.3 Å². The minimum absolute atomic E-state index is 0.111. The molecule has 10 heteroatoms. The van der Waals surface area contributed by atoms with Crippen LogP contribution in [0.25, 0.3) is 0 Å². The normalized spacial score (nSPS) is 15.4. The first kappa shape index (κ1) is 16.4. The Kier molecular flexibility index (Phi) is 4.67. The van der Waals surface area contributed by atoms with Gasteiger partial charge in [0.1, 0.15) is 6.10 Å². The van der Waals surface area contributed by atoms with Crippen LogP contribution in [0.15, 0.2) is 22.9 Å². The fraction of sp³-hybridized carbons (Fsp3) is 0.385. The van der Waals surface area contributed by atoms with E-state index in [4.69, 9.17) is 4.18 Å². The summed E-state index contributed by atoms with van der Waals surface area (Å²) < 4.78 is 27.0. The summed E-state index contributed by atoms with van der Waals surface area (Å²) in [4.78, 5) is 18.9. The fourth-order valence-corrected chi connectivity index (χ4v) is 4.19. The summed E-state index contributed by atoms with van der Waals surface area (Å²) in [5.41, 5.74) is 0.780. The SMILES string of the molecule is CS(=O)(=O)OC1CN(c2nc(CNC(=O)c3cccs3)cs2)C1. The van der Waals surface area contributed by atoms with E-state index < -0.39 is 10.1 Å². The zero-order valence-electron chi connectivity index (χ0n) is 12.3. The van der Waals surface area contributed by atoms with Gasteiger partial charge in [0.2, 0.25) is 0 Å². The van der Waals surface area contributed by atoms with Crippen LogP contribution in [0.1, 0.15) is 15.4 Å². The lowest BCUT2D eigenvalue weighted by Crippen LogP contribution is -2.53. The van der Waals surface area contributed by atoms with Crippen molar-refractivity contribution in [2.24, 2.45) is 0 Å². The third kappa shape index (κ3) is 4.28. The van der Waals surface area contributed by atoms with Crippen LogP contribution < -0.4 is 10.2 Å². The number of thiophene rings is 1. The lowest BCUT2D eigenvalue weighted by atomic mass is 10.2. The molecule has 1 N–H and O–H groups in total. The van der Waals surface area contributed by atoms with Crippen molar-refractivity contribution < 1.29 is 17.4 Å². The molecule has 1 amide bonds. The van der Waals surface area contributed by atoms with Crippen LogP contribution in [-0.4, -0.2) is 44.8 Å². The van der Waals surface area contributed by atoms with Gasteiger partial charge in [-0.05, 0) is 11.4 Å². The number of aromatic nitrogens is 1. The molecule has 23 heavy (non-hydrogen) atoms. The second kappa shape index (κ2) is 6.56. The molecule has 0 bridgehead atoms. The maximum atomic E-state index is 11.9. The van der Waals surface area contributed by atoms with Crippen LogP contribution in [0.3, 0.4) is 0 Å². The van der Waals surface area contributed by atoms with E-state index in [9.17, 15) is 13.2 Å². The zero-order chi connectivity index (χ0) is 16.4. The van der Waals surface area contributed by atoms with E-state index >= 15 is 0 Å². The van der Waals surface area contributed by atoms with Crippen molar-refractivity contribution >= 4 is 43.8 Å². The highest BCUT2D eigenvalue weighted by Gasteiger charge is 2.32. The van der Waals surface area contributed by atoms with Crippen LogP contribution in [0, 0.1) is 0 Å². The Bertz CT molecular complexity index is 779. The summed E-state index contributed by atoms with van der Waals surface area (Å²) in [5, 5.41) is 7.37. The Hall–Kier alpha value is -1.49. The predicted molar refractivity (Wildman–Crippen MR) is 89.5 cm³/mol. The average molecular weight is 373 g/mol. The first-order chi connectivity index (χ1) is 10.9. The van der Waals surface area contributed by atoms with Crippen molar-refractivity contribution in [2.45, 2.75) is 12.6 Å². The molecule has 0 aromatic carbocycles. The quantitative estimate of drug-likeness (QED) is 0.768. The summed E-state index contributed by atoms with van der Waals surface area (Å²) in [5.74, 6) is -0.111. The van der Waals surface area contributed by atoms with E-state index in [1.54, 1.807) is 6.07 Å². The summed E-state index contributed by atoms with van der Waals surface area (Å²) in [6, 6.07) is 3.61. The molecule has 0 aliphatic carbocycles. The number of rotatable bonds is 6. The maximum Gasteiger partial charge on any atom is 0.264 e. The molecule has 7 nitrogen and oxygen atoms in total. The van der Waals surface area contributed by atoms with Crippen LogP contribution in [-0.2, 0) is 20.8 Å². The van der Waals surface area contributed by atoms with Crippen molar-refractivity contribution in [2.75, 3.05) is 24.2 Å². The van der Waals surface area contributed by atoms with Gasteiger partial charge in [0.15, 0.2) is 5.13 Å². The van der Waals surface area contributed by atoms with Gasteiger partial charge in [-0.2, -0.15) is 8.42 Å². The molecule has 2 aromatic heterocycles. The predicted octanol–water partition coefficient (Wildman–Crippen LogP) is 1.30. The van der Waals surface area contributed by atoms with E-state index in [0.717, 1.165) is 17.1 Å². The number of nitrogens with zero attached hydrogens (tertiary/aromatic N) is 2. The Balaban J connectivity index is 1.49. The Labute approximate surface area is 142 Å². The molecule has 2 aromatic rings. The highest BCUT2D eigenvalue weighted by Crippen LogP contribution is 2.26. The van der Waals surface area contributed by atoms with Crippen LogP contribution in [0.2, 0.25) is 0 Å². The van der Waals surface area contributed by atoms with Gasteiger partial charge in [0.25, 0.3) is 16.0 Å². The summed E-state index contributed by atoms with van der Waals surface area (Å²) >= 11 is 2.86. The number of amides is 1. The highest BCUT2D eigenvalue weighted by atomic mass is 32.2. The molecule has 1 saturated heterocycles. The van der Waals surface area contributed by atoms with Crippen LogP contribution >= 0.6 is 22.7 Å². The number of hydrogen-bond acceptors (Lipinski definition) is 8. The third-order valence-corrected chi connectivity index (χ3v) is 5.58. The highest BCUT2D eigenvalue weighted by molar-refractivity contribution is 7.86. The number of carbonyl (C=O) groups excluding carboxylic acids is 1. The van der Waals surface area contributed by atoms with Gasteiger partial charge in [0, 0.05) is 18.5 Å². The number of hydrogen-bond donors (Lipinski definition) is 1. The second-order valence-electron chi connectivity index (χ2n) is 5.11. The van der Waals surface area contributed by atoms with Crippen LogP contribution in [0.4, 0.5) is 5.13 Å².